The smallest absolute Gasteiger partial charge is 0.329 e. The summed E-state index contributed by atoms with van der Waals surface area (Å²) in [5, 5.41) is 11.0. The number of amides is 1. The van der Waals surface area contributed by atoms with E-state index < -0.39 is 18.5 Å². The van der Waals surface area contributed by atoms with Crippen LogP contribution in [0.1, 0.15) is 45.4 Å². The Balaban J connectivity index is 3.09. The molecule has 0 heterocycles. The summed E-state index contributed by atoms with van der Waals surface area (Å²) < 4.78 is 75.9. The maximum absolute atomic E-state index is 11.4. The summed E-state index contributed by atoms with van der Waals surface area (Å²) in [4.78, 5) is 21.7. The predicted octanol–water partition coefficient (Wildman–Crippen LogP) is 1.78. The van der Waals surface area contributed by atoms with E-state index in [9.17, 15) is 9.59 Å². The first kappa shape index (κ1) is 54.4. The second-order valence-corrected chi connectivity index (χ2v) is 12.0. The van der Waals surface area contributed by atoms with Crippen molar-refractivity contribution in [1.29, 1.82) is 0 Å². The highest BCUT2D eigenvalue weighted by Crippen LogP contribution is 2.04. The normalized spacial score (nSPS) is 11.4. The van der Waals surface area contributed by atoms with Crippen LogP contribution in [-0.2, 0) is 75.9 Å². The Morgan fingerprint density at radius 1 is 0.339 bits per heavy atom. The summed E-state index contributed by atoms with van der Waals surface area (Å²) in [5.41, 5.74) is 0. The number of carbonyl (C=O) groups is 2. The molecule has 0 atom stereocenters. The first-order chi connectivity index (χ1) is 27.7. The van der Waals surface area contributed by atoms with E-state index in [4.69, 9.17) is 66.7 Å². The summed E-state index contributed by atoms with van der Waals surface area (Å²) in [6.07, 6.45) is 7.64. The zero-order chi connectivity index (χ0) is 40.5. The molecule has 56 heavy (non-hydrogen) atoms. The van der Waals surface area contributed by atoms with E-state index in [2.05, 4.69) is 17.0 Å². The van der Waals surface area contributed by atoms with Crippen LogP contribution in [0.15, 0.2) is 0 Å². The fourth-order valence-electron chi connectivity index (χ4n) is 4.27. The molecule has 0 radical (unpaired) electrons. The van der Waals surface area contributed by atoms with Gasteiger partial charge in [-0.15, -0.1) is 0 Å². The molecule has 0 aliphatic rings. The topological polar surface area (TPSA) is 196 Å². The van der Waals surface area contributed by atoms with E-state index in [1.165, 1.54) is 32.1 Å². The minimum atomic E-state index is -1.12. The Labute approximate surface area is 334 Å². The number of hydrogen-bond acceptors (Lipinski definition) is 16. The van der Waals surface area contributed by atoms with Crippen LogP contribution in [0, 0.1) is 0 Å². The first-order valence-electron chi connectivity index (χ1n) is 20.2. The molecule has 0 saturated carbocycles. The molecule has 1 amide bonds. The van der Waals surface area contributed by atoms with Gasteiger partial charge in [0.1, 0.15) is 13.2 Å². The van der Waals surface area contributed by atoms with Gasteiger partial charge in [-0.25, -0.2) is 4.79 Å². The Hall–Kier alpha value is -1.62. The molecule has 0 aromatic rings. The molecule has 0 bridgehead atoms. The molecular weight excluding hydrogens is 742 g/mol. The molecule has 0 unspecified atom stereocenters. The van der Waals surface area contributed by atoms with Crippen LogP contribution in [0.3, 0.4) is 0 Å². The first-order valence-corrected chi connectivity index (χ1v) is 20.2. The van der Waals surface area contributed by atoms with Crippen LogP contribution in [0.25, 0.3) is 0 Å². The van der Waals surface area contributed by atoms with Crippen LogP contribution in [0.4, 0.5) is 0 Å². The molecule has 0 aromatic heterocycles. The Bertz CT molecular complexity index is 787. The van der Waals surface area contributed by atoms with Gasteiger partial charge in [0.15, 0.2) is 0 Å². The molecular formula is C38H75NO17. The zero-order valence-corrected chi connectivity index (χ0v) is 34.2. The summed E-state index contributed by atoms with van der Waals surface area (Å²) in [5.74, 6) is -1.52. The third-order valence-corrected chi connectivity index (χ3v) is 7.13. The molecule has 0 aromatic carbocycles. The van der Waals surface area contributed by atoms with Crippen LogP contribution >= 0.6 is 0 Å². The highest BCUT2D eigenvalue weighted by atomic mass is 16.6. The van der Waals surface area contributed by atoms with Crippen molar-refractivity contribution in [3.8, 4) is 0 Å². The maximum atomic E-state index is 11.4. The van der Waals surface area contributed by atoms with E-state index in [1.54, 1.807) is 0 Å². The van der Waals surface area contributed by atoms with E-state index in [0.29, 0.717) is 172 Å². The molecule has 18 heteroatoms. The molecule has 0 aliphatic carbocycles. The van der Waals surface area contributed by atoms with E-state index in [0.717, 1.165) is 13.0 Å². The third-order valence-electron chi connectivity index (χ3n) is 7.13. The van der Waals surface area contributed by atoms with Crippen molar-refractivity contribution >= 4 is 11.9 Å². The van der Waals surface area contributed by atoms with Gasteiger partial charge in [-0.05, 0) is 6.42 Å². The zero-order valence-electron chi connectivity index (χ0n) is 34.2. The SMILES string of the molecule is CCCCCCCCOCCOCCOCCOCCOCCOCCOCCOCCOCCOCCOCCOCCOCCNC(=O)COCC(=O)O. The van der Waals surface area contributed by atoms with Crippen molar-refractivity contribution in [2.24, 2.45) is 0 Å². The van der Waals surface area contributed by atoms with Crippen LogP contribution in [0.5, 0.6) is 0 Å². The number of aliphatic carboxylic acids is 1. The van der Waals surface area contributed by atoms with Gasteiger partial charge >= 0.3 is 5.97 Å². The van der Waals surface area contributed by atoms with Crippen LogP contribution in [-0.4, -0.2) is 209 Å². The second kappa shape index (κ2) is 49.5. The average Bonchev–Trinajstić information content (AvgIpc) is 3.19. The van der Waals surface area contributed by atoms with Crippen molar-refractivity contribution in [2.45, 2.75) is 45.4 Å². The van der Waals surface area contributed by atoms with Gasteiger partial charge in [0.05, 0.1) is 165 Å². The fraction of sp³-hybridized carbons (Fsp3) is 0.947. The number of carboxylic acid groups (broad SMARTS) is 1. The third kappa shape index (κ3) is 50.4. The standard InChI is InChI=1S/C38H75NO17/c1-2-3-4-5-6-7-9-43-11-13-45-15-17-47-19-21-49-23-25-51-27-29-53-31-33-55-34-32-54-30-28-52-26-24-50-22-20-48-18-16-46-14-12-44-10-8-39-37(40)35-56-36-38(41)42/h2-36H2,1H3,(H,39,40)(H,41,42). The molecule has 0 fully saturated rings. The van der Waals surface area contributed by atoms with Crippen molar-refractivity contribution in [1.82, 2.24) is 5.32 Å². The summed E-state index contributed by atoms with van der Waals surface area (Å²) in [6, 6.07) is 0. The fourth-order valence-corrected chi connectivity index (χ4v) is 4.27. The highest BCUT2D eigenvalue weighted by Gasteiger charge is 2.03. The molecule has 334 valence electrons. The number of carboxylic acids is 1. The predicted molar refractivity (Wildman–Crippen MR) is 205 cm³/mol. The van der Waals surface area contributed by atoms with Gasteiger partial charge in [0.2, 0.25) is 5.91 Å². The summed E-state index contributed by atoms with van der Waals surface area (Å²) in [6.45, 7) is 14.7. The number of rotatable bonds is 50. The van der Waals surface area contributed by atoms with Gasteiger partial charge in [-0.1, -0.05) is 39.0 Å². The molecule has 2 N–H and O–H groups in total. The lowest BCUT2D eigenvalue weighted by Crippen LogP contribution is -2.31. The van der Waals surface area contributed by atoms with Crippen LogP contribution < -0.4 is 5.32 Å². The largest absolute Gasteiger partial charge is 0.480 e. The minimum absolute atomic E-state index is 0.299. The lowest BCUT2D eigenvalue weighted by Gasteiger charge is -2.09. The molecule has 0 saturated heterocycles. The van der Waals surface area contributed by atoms with E-state index >= 15 is 0 Å². The Kier molecular flexibility index (Phi) is 48.1. The summed E-state index contributed by atoms with van der Waals surface area (Å²) in [7, 11) is 0. The van der Waals surface area contributed by atoms with Crippen molar-refractivity contribution in [2.75, 3.05) is 192 Å². The Morgan fingerprint density at radius 3 is 0.911 bits per heavy atom. The molecule has 0 spiro atoms. The monoisotopic (exact) mass is 818 g/mol. The number of hydrogen-bond donors (Lipinski definition) is 2. The van der Waals surface area contributed by atoms with Crippen LogP contribution in [0.2, 0.25) is 0 Å². The summed E-state index contributed by atoms with van der Waals surface area (Å²) >= 11 is 0. The Morgan fingerprint density at radius 2 is 0.607 bits per heavy atom. The van der Waals surface area contributed by atoms with E-state index in [-0.39, 0.29) is 6.61 Å². The van der Waals surface area contributed by atoms with Gasteiger partial charge < -0.3 is 76.7 Å². The quantitative estimate of drug-likeness (QED) is 0.0843. The van der Waals surface area contributed by atoms with Gasteiger partial charge in [-0.3, -0.25) is 4.79 Å². The average molecular weight is 818 g/mol. The number of carbonyl (C=O) groups excluding carboxylic acids is 1. The number of ether oxygens (including phenoxy) is 14. The van der Waals surface area contributed by atoms with E-state index in [1.807, 2.05) is 0 Å². The molecule has 0 aliphatic heterocycles. The number of nitrogens with one attached hydrogen (secondary N) is 1. The molecule has 0 rings (SSSR count). The van der Waals surface area contributed by atoms with Gasteiger partial charge in [0, 0.05) is 13.2 Å². The van der Waals surface area contributed by atoms with Crippen molar-refractivity contribution in [3.05, 3.63) is 0 Å². The lowest BCUT2D eigenvalue weighted by atomic mass is 10.1. The van der Waals surface area contributed by atoms with Crippen molar-refractivity contribution < 1.29 is 81.0 Å². The highest BCUT2D eigenvalue weighted by molar-refractivity contribution is 5.77. The van der Waals surface area contributed by atoms with Gasteiger partial charge in [0.25, 0.3) is 0 Å². The van der Waals surface area contributed by atoms with Gasteiger partial charge in [-0.2, -0.15) is 0 Å². The number of unbranched alkanes of at least 4 members (excludes halogenated alkanes) is 5. The maximum Gasteiger partial charge on any atom is 0.329 e. The second-order valence-electron chi connectivity index (χ2n) is 12.0. The van der Waals surface area contributed by atoms with Crippen molar-refractivity contribution in [3.63, 3.8) is 0 Å². The lowest BCUT2D eigenvalue weighted by molar-refractivity contribution is -0.143. The minimum Gasteiger partial charge on any atom is -0.480 e. The molecule has 18 nitrogen and oxygen atoms in total.